The van der Waals surface area contributed by atoms with Gasteiger partial charge in [-0.2, -0.15) is 0 Å². The van der Waals surface area contributed by atoms with Crippen LogP contribution in [0, 0.1) is 0 Å². The van der Waals surface area contributed by atoms with Crippen LogP contribution in [-0.4, -0.2) is 32.9 Å². The summed E-state index contributed by atoms with van der Waals surface area (Å²) in [6.45, 7) is 2.49. The highest BCUT2D eigenvalue weighted by Gasteiger charge is 2.04. The molecule has 0 aliphatic rings. The van der Waals surface area contributed by atoms with Gasteiger partial charge in [0.15, 0.2) is 0 Å². The minimum Gasteiger partial charge on any atom is -0.391 e. The Morgan fingerprint density at radius 1 is 1.24 bits per heavy atom. The summed E-state index contributed by atoms with van der Waals surface area (Å²) in [7, 11) is 0. The molecule has 1 atom stereocenters. The summed E-state index contributed by atoms with van der Waals surface area (Å²) in [4.78, 5) is 4.31. The van der Waals surface area contributed by atoms with Crippen LogP contribution < -0.4 is 5.32 Å². The van der Waals surface area contributed by atoms with Crippen molar-refractivity contribution in [2.75, 3.05) is 11.9 Å². The Kier molecular flexibility index (Phi) is 3.82. The molecule has 0 spiro atoms. The third-order valence-electron chi connectivity index (χ3n) is 2.48. The molecule has 0 aliphatic heterocycles. The van der Waals surface area contributed by atoms with Gasteiger partial charge in [0, 0.05) is 6.54 Å². The number of rotatable bonds is 5. The fourth-order valence-electron chi connectivity index (χ4n) is 1.60. The number of nitrogens with zero attached hydrogens (tertiary/aromatic N) is 3. The van der Waals surface area contributed by atoms with Gasteiger partial charge in [0.25, 0.3) is 0 Å². The highest BCUT2D eigenvalue weighted by molar-refractivity contribution is 5.73. The van der Waals surface area contributed by atoms with E-state index in [4.69, 9.17) is 0 Å². The largest absolute Gasteiger partial charge is 0.391 e. The van der Waals surface area contributed by atoms with Crippen LogP contribution in [0.4, 0.5) is 5.95 Å². The van der Waals surface area contributed by atoms with Crippen LogP contribution in [0.3, 0.4) is 0 Å². The lowest BCUT2D eigenvalue weighted by Crippen LogP contribution is -2.20. The SMILES string of the molecule is CCCC(O)CNc1nnc2ccccc2n1. The number of hydrogen-bond acceptors (Lipinski definition) is 5. The van der Waals surface area contributed by atoms with Gasteiger partial charge in [-0.25, -0.2) is 4.98 Å². The maximum absolute atomic E-state index is 9.59. The molecule has 2 N–H and O–H groups in total. The second-order valence-electron chi connectivity index (χ2n) is 3.95. The number of aliphatic hydroxyl groups excluding tert-OH is 1. The standard InChI is InChI=1S/C12H16N4O/c1-2-5-9(17)8-13-12-14-10-6-3-4-7-11(10)15-16-12/h3-4,6-7,9,17H,2,5,8H2,1H3,(H,13,14,16). The van der Waals surface area contributed by atoms with Gasteiger partial charge in [-0.15, -0.1) is 10.2 Å². The summed E-state index contributed by atoms with van der Waals surface area (Å²) < 4.78 is 0. The van der Waals surface area contributed by atoms with Crippen molar-refractivity contribution >= 4 is 17.0 Å². The Balaban J connectivity index is 2.04. The molecule has 2 aromatic rings. The van der Waals surface area contributed by atoms with E-state index in [1.807, 2.05) is 31.2 Å². The van der Waals surface area contributed by atoms with E-state index < -0.39 is 0 Å². The van der Waals surface area contributed by atoms with E-state index in [-0.39, 0.29) is 6.10 Å². The number of fused-ring (bicyclic) bond motifs is 1. The van der Waals surface area contributed by atoms with E-state index in [0.717, 1.165) is 23.9 Å². The molecule has 0 bridgehead atoms. The molecule has 0 aliphatic carbocycles. The molecule has 1 heterocycles. The van der Waals surface area contributed by atoms with Gasteiger partial charge in [0.05, 0.1) is 11.6 Å². The molecule has 2 rings (SSSR count). The molecule has 1 aromatic carbocycles. The highest BCUT2D eigenvalue weighted by Crippen LogP contribution is 2.08. The van der Waals surface area contributed by atoms with Crippen LogP contribution in [0.25, 0.3) is 11.0 Å². The topological polar surface area (TPSA) is 70.9 Å². The summed E-state index contributed by atoms with van der Waals surface area (Å²) in [5.41, 5.74) is 1.57. The normalized spacial score (nSPS) is 12.6. The Morgan fingerprint density at radius 2 is 2.00 bits per heavy atom. The van der Waals surface area contributed by atoms with Crippen molar-refractivity contribution in [1.29, 1.82) is 0 Å². The first kappa shape index (κ1) is 11.7. The lowest BCUT2D eigenvalue weighted by Gasteiger charge is -2.10. The van der Waals surface area contributed by atoms with E-state index in [9.17, 15) is 5.11 Å². The van der Waals surface area contributed by atoms with Gasteiger partial charge in [-0.3, -0.25) is 0 Å². The minimum absolute atomic E-state index is 0.366. The molecule has 1 aromatic heterocycles. The Morgan fingerprint density at radius 3 is 2.76 bits per heavy atom. The van der Waals surface area contributed by atoms with Crippen molar-refractivity contribution in [3.05, 3.63) is 24.3 Å². The predicted molar refractivity (Wildman–Crippen MR) is 66.7 cm³/mol. The summed E-state index contributed by atoms with van der Waals surface area (Å²) in [6, 6.07) is 7.56. The van der Waals surface area contributed by atoms with E-state index in [2.05, 4.69) is 20.5 Å². The number of anilines is 1. The molecule has 0 saturated heterocycles. The zero-order valence-corrected chi connectivity index (χ0v) is 9.80. The number of para-hydroxylation sites is 1. The van der Waals surface area contributed by atoms with E-state index >= 15 is 0 Å². The first-order valence-corrected chi connectivity index (χ1v) is 5.81. The van der Waals surface area contributed by atoms with Crippen molar-refractivity contribution in [3.63, 3.8) is 0 Å². The van der Waals surface area contributed by atoms with Crippen LogP contribution in [0.5, 0.6) is 0 Å². The van der Waals surface area contributed by atoms with E-state index in [1.165, 1.54) is 0 Å². The fourth-order valence-corrected chi connectivity index (χ4v) is 1.60. The first-order chi connectivity index (χ1) is 8.29. The lowest BCUT2D eigenvalue weighted by atomic mass is 10.2. The maximum atomic E-state index is 9.59. The van der Waals surface area contributed by atoms with Crippen LogP contribution in [0.1, 0.15) is 19.8 Å². The molecule has 5 heteroatoms. The Bertz CT molecular complexity index is 489. The number of aliphatic hydroxyl groups is 1. The monoisotopic (exact) mass is 232 g/mol. The van der Waals surface area contributed by atoms with Gasteiger partial charge in [-0.1, -0.05) is 25.5 Å². The van der Waals surface area contributed by atoms with Crippen LogP contribution in [-0.2, 0) is 0 Å². The van der Waals surface area contributed by atoms with Crippen LogP contribution >= 0.6 is 0 Å². The molecule has 1 unspecified atom stereocenters. The van der Waals surface area contributed by atoms with Gasteiger partial charge in [-0.05, 0) is 18.6 Å². The quantitative estimate of drug-likeness (QED) is 0.819. The van der Waals surface area contributed by atoms with Crippen LogP contribution in [0.15, 0.2) is 24.3 Å². The zero-order valence-electron chi connectivity index (χ0n) is 9.80. The molecule has 90 valence electrons. The van der Waals surface area contributed by atoms with Gasteiger partial charge in [0.1, 0.15) is 5.52 Å². The van der Waals surface area contributed by atoms with Crippen LogP contribution in [0.2, 0.25) is 0 Å². The lowest BCUT2D eigenvalue weighted by molar-refractivity contribution is 0.176. The van der Waals surface area contributed by atoms with E-state index in [1.54, 1.807) is 0 Å². The number of benzene rings is 1. The highest BCUT2D eigenvalue weighted by atomic mass is 16.3. The van der Waals surface area contributed by atoms with Crippen molar-refractivity contribution < 1.29 is 5.11 Å². The van der Waals surface area contributed by atoms with E-state index in [0.29, 0.717) is 12.5 Å². The molecule has 5 nitrogen and oxygen atoms in total. The Hall–Kier alpha value is -1.75. The fraction of sp³-hybridized carbons (Fsp3) is 0.417. The third-order valence-corrected chi connectivity index (χ3v) is 2.48. The molecule has 0 fully saturated rings. The predicted octanol–water partition coefficient (Wildman–Crippen LogP) is 1.60. The maximum Gasteiger partial charge on any atom is 0.243 e. The average molecular weight is 232 g/mol. The molecule has 17 heavy (non-hydrogen) atoms. The molecule has 0 radical (unpaired) electrons. The molecular weight excluding hydrogens is 216 g/mol. The Labute approximate surface area is 99.9 Å². The zero-order chi connectivity index (χ0) is 12.1. The van der Waals surface area contributed by atoms with Gasteiger partial charge < -0.3 is 10.4 Å². The van der Waals surface area contributed by atoms with Crippen molar-refractivity contribution in [1.82, 2.24) is 15.2 Å². The van der Waals surface area contributed by atoms with Crippen molar-refractivity contribution in [2.45, 2.75) is 25.9 Å². The minimum atomic E-state index is -0.366. The van der Waals surface area contributed by atoms with Crippen molar-refractivity contribution in [3.8, 4) is 0 Å². The molecular formula is C12H16N4O. The van der Waals surface area contributed by atoms with Gasteiger partial charge >= 0.3 is 0 Å². The number of nitrogens with one attached hydrogen (secondary N) is 1. The summed E-state index contributed by atoms with van der Waals surface area (Å²) in [6.07, 6.45) is 1.36. The van der Waals surface area contributed by atoms with Crippen molar-refractivity contribution in [2.24, 2.45) is 0 Å². The third kappa shape index (κ3) is 3.10. The summed E-state index contributed by atoms with van der Waals surface area (Å²) >= 11 is 0. The smallest absolute Gasteiger partial charge is 0.243 e. The molecule has 0 amide bonds. The van der Waals surface area contributed by atoms with Gasteiger partial charge in [0.2, 0.25) is 5.95 Å². The summed E-state index contributed by atoms with van der Waals surface area (Å²) in [5.74, 6) is 0.457. The second-order valence-corrected chi connectivity index (χ2v) is 3.95. The number of hydrogen-bond donors (Lipinski definition) is 2. The average Bonchev–Trinajstić information content (AvgIpc) is 2.36. The second kappa shape index (κ2) is 5.54. The summed E-state index contributed by atoms with van der Waals surface area (Å²) in [5, 5.41) is 20.6. The molecule has 0 saturated carbocycles. The number of aromatic nitrogens is 3. The first-order valence-electron chi connectivity index (χ1n) is 5.81.